The van der Waals surface area contributed by atoms with Gasteiger partial charge in [-0.1, -0.05) is 11.6 Å². The minimum Gasteiger partial charge on any atom is -0.383 e. The van der Waals surface area contributed by atoms with Gasteiger partial charge in [-0.3, -0.25) is 4.40 Å². The lowest BCUT2D eigenvalue weighted by Crippen LogP contribution is -1.94. The van der Waals surface area contributed by atoms with E-state index >= 15 is 0 Å². The number of nitrogens with two attached hydrogens (primary N) is 1. The van der Waals surface area contributed by atoms with Crippen LogP contribution in [0.3, 0.4) is 0 Å². The maximum Gasteiger partial charge on any atom is 0.142 e. The fourth-order valence-corrected chi connectivity index (χ4v) is 3.50. The largest absolute Gasteiger partial charge is 0.383 e. The Hall–Kier alpha value is -1.04. The number of thiophene rings is 1. The third-order valence-corrected chi connectivity index (χ3v) is 4.39. The van der Waals surface area contributed by atoms with Gasteiger partial charge in [0.25, 0.3) is 0 Å². The van der Waals surface area contributed by atoms with Gasteiger partial charge in [-0.25, -0.2) is 4.98 Å². The van der Waals surface area contributed by atoms with Crippen molar-refractivity contribution in [3.05, 3.63) is 38.8 Å². The van der Waals surface area contributed by atoms with Gasteiger partial charge >= 0.3 is 0 Å². The summed E-state index contributed by atoms with van der Waals surface area (Å²) in [5, 5.41) is 0. The molecule has 0 unspecified atom stereocenters. The van der Waals surface area contributed by atoms with Crippen molar-refractivity contribution in [3.8, 4) is 10.6 Å². The molecule has 3 nitrogen and oxygen atoms in total. The first-order valence-corrected chi connectivity index (χ1v) is 7.24. The molecule has 0 aliphatic rings. The zero-order valence-electron chi connectivity index (χ0n) is 9.45. The smallest absolute Gasteiger partial charge is 0.142 e. The Morgan fingerprint density at radius 3 is 2.89 bits per heavy atom. The molecule has 18 heavy (non-hydrogen) atoms. The van der Waals surface area contributed by atoms with E-state index in [1.165, 1.54) is 11.3 Å². The maximum absolute atomic E-state index is 6.16. The number of aromatic nitrogens is 2. The van der Waals surface area contributed by atoms with Crippen molar-refractivity contribution in [2.45, 2.75) is 6.92 Å². The summed E-state index contributed by atoms with van der Waals surface area (Å²) in [6.45, 7) is 2.01. The Morgan fingerprint density at radius 1 is 1.44 bits per heavy atom. The van der Waals surface area contributed by atoms with Crippen LogP contribution in [-0.4, -0.2) is 9.38 Å². The minimum atomic E-state index is 0.632. The molecular weight excluding hydrogens is 334 g/mol. The molecule has 0 radical (unpaired) electrons. The third kappa shape index (κ3) is 1.83. The summed E-state index contributed by atoms with van der Waals surface area (Å²) in [4.78, 5) is 5.59. The zero-order valence-corrected chi connectivity index (χ0v) is 12.6. The Bertz CT molecular complexity index is 747. The van der Waals surface area contributed by atoms with Gasteiger partial charge in [0.1, 0.15) is 17.2 Å². The molecule has 2 N–H and O–H groups in total. The highest BCUT2D eigenvalue weighted by Gasteiger charge is 2.14. The molecule has 0 aliphatic heterocycles. The molecule has 0 bridgehead atoms. The van der Waals surface area contributed by atoms with Crippen molar-refractivity contribution in [2.75, 3.05) is 5.73 Å². The highest BCUT2D eigenvalue weighted by Crippen LogP contribution is 2.35. The number of nitrogens with zero attached hydrogens (tertiary/aromatic N) is 2. The highest BCUT2D eigenvalue weighted by molar-refractivity contribution is 9.10. The van der Waals surface area contributed by atoms with Crippen LogP contribution in [0.4, 0.5) is 5.82 Å². The van der Waals surface area contributed by atoms with Crippen molar-refractivity contribution in [2.24, 2.45) is 0 Å². The van der Waals surface area contributed by atoms with Crippen LogP contribution in [0.15, 0.2) is 28.9 Å². The first-order valence-electron chi connectivity index (χ1n) is 5.25. The van der Waals surface area contributed by atoms with Crippen molar-refractivity contribution >= 4 is 50.3 Å². The molecule has 0 fully saturated rings. The van der Waals surface area contributed by atoms with E-state index in [-0.39, 0.29) is 0 Å². The number of hydrogen-bond donors (Lipinski definition) is 1. The van der Waals surface area contributed by atoms with Gasteiger partial charge in [0.2, 0.25) is 0 Å². The number of halogens is 2. The maximum atomic E-state index is 6.16. The minimum absolute atomic E-state index is 0.632. The Morgan fingerprint density at radius 2 is 2.22 bits per heavy atom. The monoisotopic (exact) mass is 341 g/mol. The van der Waals surface area contributed by atoms with Crippen molar-refractivity contribution in [3.63, 3.8) is 0 Å². The van der Waals surface area contributed by atoms with Gasteiger partial charge in [0.05, 0.1) is 9.21 Å². The number of pyridine rings is 1. The lowest BCUT2D eigenvalue weighted by atomic mass is 10.3. The van der Waals surface area contributed by atoms with Gasteiger partial charge in [-0.2, -0.15) is 0 Å². The normalized spacial score (nSPS) is 11.3. The van der Waals surface area contributed by atoms with E-state index in [0.29, 0.717) is 5.82 Å². The molecule has 6 heteroatoms. The van der Waals surface area contributed by atoms with Crippen LogP contribution in [0, 0.1) is 6.92 Å². The van der Waals surface area contributed by atoms with Crippen LogP contribution in [0.25, 0.3) is 16.2 Å². The van der Waals surface area contributed by atoms with Gasteiger partial charge in [0, 0.05) is 10.7 Å². The molecule has 0 atom stereocenters. The molecule has 3 heterocycles. The Balaban J connectivity index is 2.32. The summed E-state index contributed by atoms with van der Waals surface area (Å²) in [5.41, 5.74) is 8.89. The van der Waals surface area contributed by atoms with Crippen LogP contribution in [0.5, 0.6) is 0 Å². The standard InChI is InChI=1S/C12H9BrClN3S/c1-6-4-7(13)5-17-11(15)10(16-12(6)17)8-2-3-9(14)18-8/h2-5H,15H2,1H3. The number of rotatable bonds is 1. The molecule has 3 aromatic rings. The molecule has 0 aliphatic carbocycles. The van der Waals surface area contributed by atoms with Gasteiger partial charge in [0.15, 0.2) is 0 Å². The van der Waals surface area contributed by atoms with Crippen molar-refractivity contribution in [1.29, 1.82) is 0 Å². The Labute approximate surface area is 121 Å². The summed E-state index contributed by atoms with van der Waals surface area (Å²) >= 11 is 10.9. The van der Waals surface area contributed by atoms with Crippen LogP contribution in [-0.2, 0) is 0 Å². The molecule has 3 aromatic heterocycles. The molecule has 0 amide bonds. The second-order valence-corrected chi connectivity index (χ2v) is 6.62. The molecule has 92 valence electrons. The lowest BCUT2D eigenvalue weighted by molar-refractivity contribution is 1.16. The lowest BCUT2D eigenvalue weighted by Gasteiger charge is -2.00. The number of nitrogen functional groups attached to an aromatic ring is 1. The van der Waals surface area contributed by atoms with Crippen molar-refractivity contribution < 1.29 is 0 Å². The predicted molar refractivity (Wildman–Crippen MR) is 80.4 cm³/mol. The number of imidazole rings is 1. The number of fused-ring (bicyclic) bond motifs is 1. The van der Waals surface area contributed by atoms with E-state index in [4.69, 9.17) is 17.3 Å². The SMILES string of the molecule is Cc1cc(Br)cn2c(N)c(-c3ccc(Cl)s3)nc12. The summed E-state index contributed by atoms with van der Waals surface area (Å²) in [6, 6.07) is 5.82. The average molecular weight is 343 g/mol. The summed E-state index contributed by atoms with van der Waals surface area (Å²) in [6.07, 6.45) is 1.92. The van der Waals surface area contributed by atoms with Gasteiger partial charge in [-0.15, -0.1) is 11.3 Å². The molecule has 0 saturated carbocycles. The molecular formula is C12H9BrClN3S. The van der Waals surface area contributed by atoms with E-state index in [2.05, 4.69) is 20.9 Å². The number of hydrogen-bond acceptors (Lipinski definition) is 3. The van der Waals surface area contributed by atoms with Crippen LogP contribution < -0.4 is 5.73 Å². The van der Waals surface area contributed by atoms with Gasteiger partial charge < -0.3 is 5.73 Å². The van der Waals surface area contributed by atoms with Gasteiger partial charge in [-0.05, 0) is 46.6 Å². The topological polar surface area (TPSA) is 43.3 Å². The van der Waals surface area contributed by atoms with E-state index < -0.39 is 0 Å². The first kappa shape index (κ1) is 12.0. The van der Waals surface area contributed by atoms with Crippen LogP contribution in [0.2, 0.25) is 4.34 Å². The molecule has 0 spiro atoms. The van der Waals surface area contributed by atoms with E-state index in [9.17, 15) is 0 Å². The quantitative estimate of drug-likeness (QED) is 0.713. The van der Waals surface area contributed by atoms with Crippen LogP contribution >= 0.6 is 38.9 Å². The zero-order chi connectivity index (χ0) is 12.9. The second-order valence-electron chi connectivity index (χ2n) is 3.98. The molecule has 0 aromatic carbocycles. The van der Waals surface area contributed by atoms with E-state index in [1.807, 2.05) is 35.7 Å². The summed E-state index contributed by atoms with van der Waals surface area (Å²) < 4.78 is 3.61. The van der Waals surface area contributed by atoms with E-state index in [1.54, 1.807) is 0 Å². The molecule has 0 saturated heterocycles. The Kier molecular flexibility index (Phi) is 2.84. The van der Waals surface area contributed by atoms with Crippen LogP contribution in [0.1, 0.15) is 5.56 Å². The molecule has 3 rings (SSSR count). The van der Waals surface area contributed by atoms with E-state index in [0.717, 1.165) is 30.6 Å². The second kappa shape index (κ2) is 4.26. The first-order chi connectivity index (χ1) is 8.56. The highest BCUT2D eigenvalue weighted by atomic mass is 79.9. The fourth-order valence-electron chi connectivity index (χ4n) is 1.91. The number of aryl methyl sites for hydroxylation is 1. The fraction of sp³-hybridized carbons (Fsp3) is 0.0833. The summed E-state index contributed by atoms with van der Waals surface area (Å²) in [5.74, 6) is 0.632. The van der Waals surface area contributed by atoms with Crippen molar-refractivity contribution in [1.82, 2.24) is 9.38 Å². The predicted octanol–water partition coefficient (Wildman–Crippen LogP) is 4.37. The number of anilines is 1. The average Bonchev–Trinajstić information content (AvgIpc) is 2.85. The summed E-state index contributed by atoms with van der Waals surface area (Å²) in [7, 11) is 0. The third-order valence-electron chi connectivity index (χ3n) is 2.71.